The van der Waals surface area contributed by atoms with Gasteiger partial charge in [-0.15, -0.1) is 11.3 Å². The molecule has 0 aliphatic heterocycles. The number of amides is 3. The number of rotatable bonds is 14. The topological polar surface area (TPSA) is 113 Å². The normalized spacial score (nSPS) is 11.5. The molecule has 0 radical (unpaired) electrons. The Morgan fingerprint density at radius 3 is 2.41 bits per heavy atom. The number of nitrogens with zero attached hydrogens (tertiary/aromatic N) is 2. The van der Waals surface area contributed by atoms with Gasteiger partial charge in [-0.25, -0.2) is 4.98 Å². The quantitative estimate of drug-likeness (QED) is 0.179. The predicted octanol–water partition coefficient (Wildman–Crippen LogP) is 4.61. The smallest absolute Gasteiger partial charge is 0.253 e. The lowest BCUT2D eigenvalue weighted by Crippen LogP contribution is -2.38. The van der Waals surface area contributed by atoms with Gasteiger partial charge in [0.15, 0.2) is 0 Å². The molecule has 3 N–H and O–H groups in total. The lowest BCUT2D eigenvalue weighted by atomic mass is 10.0. The summed E-state index contributed by atoms with van der Waals surface area (Å²) in [5, 5.41) is 12.1. The second-order valence-corrected chi connectivity index (χ2v) is 11.5. The van der Waals surface area contributed by atoms with Crippen molar-refractivity contribution in [3.05, 3.63) is 117 Å². The molecule has 0 unspecified atom stereocenters. The molecule has 10 heteroatoms. The number of methoxy groups -OCH3 is 1. The third-order valence-corrected chi connectivity index (χ3v) is 8.06. The molecule has 1 atom stereocenters. The second-order valence-electron chi connectivity index (χ2n) is 10.6. The average molecular weight is 614 g/mol. The Hall–Kier alpha value is -4.54. The van der Waals surface area contributed by atoms with Crippen molar-refractivity contribution in [2.45, 2.75) is 38.9 Å². The Kier molecular flexibility index (Phi) is 11.6. The lowest BCUT2D eigenvalue weighted by Gasteiger charge is -2.20. The van der Waals surface area contributed by atoms with Crippen LogP contribution in [0.15, 0.2) is 78.2 Å². The zero-order valence-corrected chi connectivity index (χ0v) is 26.4. The van der Waals surface area contributed by atoms with Crippen molar-refractivity contribution in [2.24, 2.45) is 0 Å². The van der Waals surface area contributed by atoms with Gasteiger partial charge in [-0.2, -0.15) is 0 Å². The van der Waals surface area contributed by atoms with E-state index in [-0.39, 0.29) is 23.8 Å². The minimum absolute atomic E-state index is 0.153. The van der Waals surface area contributed by atoms with Crippen molar-refractivity contribution >= 4 is 29.1 Å². The van der Waals surface area contributed by atoms with Gasteiger partial charge < -0.3 is 25.6 Å². The van der Waals surface area contributed by atoms with Gasteiger partial charge in [-0.1, -0.05) is 36.4 Å². The summed E-state index contributed by atoms with van der Waals surface area (Å²) in [4.78, 5) is 44.8. The highest BCUT2D eigenvalue weighted by Gasteiger charge is 2.18. The number of ether oxygens (including phenoxy) is 1. The summed E-state index contributed by atoms with van der Waals surface area (Å²) in [6.45, 7) is 3.49. The van der Waals surface area contributed by atoms with E-state index in [0.717, 1.165) is 21.8 Å². The number of carbonyl (C=O) groups excluding carboxylic acids is 3. The summed E-state index contributed by atoms with van der Waals surface area (Å²) >= 11 is 1.52. The van der Waals surface area contributed by atoms with Gasteiger partial charge in [0, 0.05) is 54.4 Å². The van der Waals surface area contributed by atoms with E-state index in [1.807, 2.05) is 54.8 Å². The fraction of sp³-hybridized carbons (Fsp3) is 0.294. The molecule has 1 aromatic heterocycles. The predicted molar refractivity (Wildman–Crippen MR) is 173 cm³/mol. The summed E-state index contributed by atoms with van der Waals surface area (Å²) in [6.07, 6.45) is 1.32. The summed E-state index contributed by atoms with van der Waals surface area (Å²) < 4.78 is 5.37. The van der Waals surface area contributed by atoms with Crippen LogP contribution in [0.3, 0.4) is 0 Å². The van der Waals surface area contributed by atoms with Gasteiger partial charge >= 0.3 is 0 Å². The van der Waals surface area contributed by atoms with E-state index < -0.39 is 0 Å². The van der Waals surface area contributed by atoms with Crippen molar-refractivity contribution in [1.29, 1.82) is 0 Å². The molecule has 1 heterocycles. The van der Waals surface area contributed by atoms with Crippen LogP contribution in [0.1, 0.15) is 59.3 Å². The molecule has 230 valence electrons. The Bertz CT molecular complexity index is 1570. The fourth-order valence-corrected chi connectivity index (χ4v) is 5.65. The first-order valence-electron chi connectivity index (χ1n) is 14.5. The maximum absolute atomic E-state index is 13.4. The summed E-state index contributed by atoms with van der Waals surface area (Å²) in [5.41, 5.74) is 4.37. The van der Waals surface area contributed by atoms with Crippen LogP contribution in [-0.4, -0.2) is 61.4 Å². The highest BCUT2D eigenvalue weighted by atomic mass is 32.1. The van der Waals surface area contributed by atoms with Crippen LogP contribution >= 0.6 is 11.3 Å². The standard InChI is InChI=1S/C34H39N5O4S/c1-23-22-44-31(37-23)21-39(3)34(42)27-12-8-11-26(18-27)33(41)38-29(16-24-9-6-5-7-10-24)13-14-36-20-25-15-28(32(40)35-2)19-30(17-25)43-4/h5-12,15,17-19,22,29,36H,13-14,16,20-21H2,1-4H3,(H,35,40)(H,38,41)/t29-/m1/s1. The van der Waals surface area contributed by atoms with Gasteiger partial charge in [-0.05, 0) is 73.8 Å². The van der Waals surface area contributed by atoms with Crippen molar-refractivity contribution in [1.82, 2.24) is 25.8 Å². The van der Waals surface area contributed by atoms with Gasteiger partial charge in [0.05, 0.1) is 13.7 Å². The van der Waals surface area contributed by atoms with Gasteiger partial charge in [0.1, 0.15) is 10.8 Å². The molecule has 4 rings (SSSR count). The van der Waals surface area contributed by atoms with Crippen molar-refractivity contribution in [3.8, 4) is 5.75 Å². The summed E-state index contributed by atoms with van der Waals surface area (Å²) in [7, 11) is 4.90. The Morgan fingerprint density at radius 2 is 1.70 bits per heavy atom. The van der Waals surface area contributed by atoms with Crippen molar-refractivity contribution in [2.75, 3.05) is 27.7 Å². The van der Waals surface area contributed by atoms with Crippen LogP contribution in [0.25, 0.3) is 0 Å². The molecule has 3 amide bonds. The number of benzene rings is 3. The average Bonchev–Trinajstić information content (AvgIpc) is 3.46. The fourth-order valence-electron chi connectivity index (χ4n) is 4.82. The Morgan fingerprint density at radius 1 is 0.932 bits per heavy atom. The van der Waals surface area contributed by atoms with Crippen molar-refractivity contribution < 1.29 is 19.1 Å². The second kappa shape index (κ2) is 15.8. The molecule has 9 nitrogen and oxygen atoms in total. The van der Waals surface area contributed by atoms with Crippen LogP contribution < -0.4 is 20.7 Å². The number of aryl methyl sites for hydroxylation is 1. The molecular weight excluding hydrogens is 574 g/mol. The molecule has 0 fully saturated rings. The maximum atomic E-state index is 13.4. The molecule has 0 aliphatic carbocycles. The number of thiazole rings is 1. The lowest BCUT2D eigenvalue weighted by molar-refractivity contribution is 0.0784. The number of aromatic nitrogens is 1. The minimum atomic E-state index is -0.234. The van der Waals surface area contributed by atoms with Gasteiger partial charge in [0.25, 0.3) is 17.7 Å². The number of hydrogen-bond acceptors (Lipinski definition) is 7. The van der Waals surface area contributed by atoms with Crippen LogP contribution in [0, 0.1) is 6.92 Å². The first-order valence-corrected chi connectivity index (χ1v) is 15.4. The Balaban J connectivity index is 1.40. The van der Waals surface area contributed by atoms with E-state index in [1.165, 1.54) is 11.3 Å². The van der Waals surface area contributed by atoms with Gasteiger partial charge in [0.2, 0.25) is 0 Å². The minimum Gasteiger partial charge on any atom is -0.497 e. The highest BCUT2D eigenvalue weighted by Crippen LogP contribution is 2.18. The molecule has 0 bridgehead atoms. The van der Waals surface area contributed by atoms with Crippen LogP contribution in [0.2, 0.25) is 0 Å². The molecule has 0 saturated heterocycles. The van der Waals surface area contributed by atoms with E-state index in [1.54, 1.807) is 56.4 Å². The Labute approximate surface area is 262 Å². The van der Waals surface area contributed by atoms with E-state index in [9.17, 15) is 14.4 Å². The van der Waals surface area contributed by atoms with Crippen LogP contribution in [0.4, 0.5) is 0 Å². The highest BCUT2D eigenvalue weighted by molar-refractivity contribution is 7.09. The molecule has 4 aromatic rings. The van der Waals surface area contributed by atoms with E-state index in [2.05, 4.69) is 20.9 Å². The first-order chi connectivity index (χ1) is 21.2. The molecule has 3 aromatic carbocycles. The van der Waals surface area contributed by atoms with E-state index >= 15 is 0 Å². The summed E-state index contributed by atoms with van der Waals surface area (Å²) in [5.74, 6) is 0.0292. The summed E-state index contributed by atoms with van der Waals surface area (Å²) in [6, 6.07) is 22.1. The van der Waals surface area contributed by atoms with Crippen LogP contribution in [-0.2, 0) is 19.5 Å². The van der Waals surface area contributed by atoms with E-state index in [4.69, 9.17) is 4.74 Å². The monoisotopic (exact) mass is 613 g/mol. The van der Waals surface area contributed by atoms with Crippen LogP contribution in [0.5, 0.6) is 5.75 Å². The third kappa shape index (κ3) is 9.23. The largest absolute Gasteiger partial charge is 0.497 e. The van der Waals surface area contributed by atoms with E-state index in [0.29, 0.717) is 54.9 Å². The zero-order valence-electron chi connectivity index (χ0n) is 25.6. The maximum Gasteiger partial charge on any atom is 0.253 e. The molecule has 44 heavy (non-hydrogen) atoms. The zero-order chi connectivity index (χ0) is 31.5. The van der Waals surface area contributed by atoms with Gasteiger partial charge in [-0.3, -0.25) is 14.4 Å². The molecular formula is C34H39N5O4S. The SMILES string of the molecule is CNC(=O)c1cc(CNCC[C@H](Cc2ccccc2)NC(=O)c2cccc(C(=O)N(C)Cc3nc(C)cs3)c2)cc(OC)c1. The number of hydrogen-bond donors (Lipinski definition) is 3. The first kappa shape index (κ1) is 32.4. The third-order valence-electron chi connectivity index (χ3n) is 7.11. The number of nitrogens with one attached hydrogen (secondary N) is 3. The molecule has 0 saturated carbocycles. The number of carbonyl (C=O) groups is 3. The molecule has 0 spiro atoms. The molecule has 0 aliphatic rings. The van der Waals surface area contributed by atoms with Crippen molar-refractivity contribution in [3.63, 3.8) is 0 Å².